The fourth-order valence-corrected chi connectivity index (χ4v) is 4.09. The summed E-state index contributed by atoms with van der Waals surface area (Å²) < 4.78 is 41.4. The predicted octanol–water partition coefficient (Wildman–Crippen LogP) is 6.59. The van der Waals surface area contributed by atoms with Gasteiger partial charge in [-0.05, 0) is 53.6 Å². The molecule has 180 valence electrons. The van der Waals surface area contributed by atoms with E-state index in [1.165, 1.54) is 12.4 Å². The average molecular weight is 508 g/mol. The van der Waals surface area contributed by atoms with E-state index in [1.807, 2.05) is 41.1 Å². The number of nitrogens with one attached hydrogen (secondary N) is 1. The van der Waals surface area contributed by atoms with E-state index in [-0.39, 0.29) is 5.56 Å². The van der Waals surface area contributed by atoms with Crippen LogP contribution in [0.25, 0.3) is 27.8 Å². The highest BCUT2D eigenvalue weighted by atomic mass is 35.5. The molecule has 5 rings (SSSR count). The lowest BCUT2D eigenvalue weighted by molar-refractivity contribution is -0.137. The van der Waals surface area contributed by atoms with Gasteiger partial charge in [-0.1, -0.05) is 35.9 Å². The molecule has 0 bridgehead atoms. The van der Waals surface area contributed by atoms with Crippen molar-refractivity contribution in [1.29, 1.82) is 0 Å². The van der Waals surface area contributed by atoms with Gasteiger partial charge in [0.2, 0.25) is 0 Å². The number of hydrogen-bond acceptors (Lipinski definition) is 4. The Labute approximate surface area is 208 Å². The van der Waals surface area contributed by atoms with Gasteiger partial charge >= 0.3 is 6.18 Å². The highest BCUT2D eigenvalue weighted by Crippen LogP contribution is 2.35. The van der Waals surface area contributed by atoms with E-state index in [0.29, 0.717) is 17.3 Å². The van der Waals surface area contributed by atoms with E-state index in [4.69, 9.17) is 17.3 Å². The molecule has 1 amide bonds. The smallest absolute Gasteiger partial charge is 0.384 e. The molecule has 0 spiro atoms. The number of amides is 1. The van der Waals surface area contributed by atoms with Crippen LogP contribution in [0.2, 0.25) is 5.02 Å². The fourth-order valence-electron chi connectivity index (χ4n) is 3.86. The molecule has 0 radical (unpaired) electrons. The van der Waals surface area contributed by atoms with Crippen LogP contribution in [0.15, 0.2) is 85.3 Å². The molecule has 0 aliphatic carbocycles. The van der Waals surface area contributed by atoms with Crippen LogP contribution < -0.4 is 11.1 Å². The molecule has 6 nitrogen and oxygen atoms in total. The molecule has 5 aromatic rings. The predicted molar refractivity (Wildman–Crippen MR) is 133 cm³/mol. The molecule has 0 aliphatic heterocycles. The minimum Gasteiger partial charge on any atom is -0.384 e. The molecule has 0 saturated carbocycles. The number of halogens is 4. The first kappa shape index (κ1) is 23.4. The Hall–Kier alpha value is -4.37. The van der Waals surface area contributed by atoms with Crippen molar-refractivity contribution in [3.63, 3.8) is 0 Å². The number of carbonyl (C=O) groups is 1. The minimum absolute atomic E-state index is 0.152. The van der Waals surface area contributed by atoms with Crippen LogP contribution in [-0.4, -0.2) is 20.4 Å². The summed E-state index contributed by atoms with van der Waals surface area (Å²) in [5.74, 6) is 0.293. The number of hydrogen-bond donors (Lipinski definition) is 2. The monoisotopic (exact) mass is 507 g/mol. The Morgan fingerprint density at radius 2 is 1.75 bits per heavy atom. The molecule has 10 heteroatoms. The molecular formula is C26H17ClF3N5O. The number of aromatic nitrogens is 3. The number of anilines is 2. The summed E-state index contributed by atoms with van der Waals surface area (Å²) in [4.78, 5) is 20.9. The third-order valence-electron chi connectivity index (χ3n) is 5.60. The Bertz CT molecular complexity index is 1610. The topological polar surface area (TPSA) is 85.8 Å². The highest BCUT2D eigenvalue weighted by Gasteiger charge is 2.33. The highest BCUT2D eigenvalue weighted by molar-refractivity contribution is 6.31. The van der Waals surface area contributed by atoms with Crippen LogP contribution in [-0.2, 0) is 6.18 Å². The first-order valence-electron chi connectivity index (χ1n) is 10.7. The Kier molecular flexibility index (Phi) is 5.85. The summed E-state index contributed by atoms with van der Waals surface area (Å²) in [6.45, 7) is 0. The van der Waals surface area contributed by atoms with Gasteiger partial charge in [0.15, 0.2) is 0 Å². The van der Waals surface area contributed by atoms with Crippen LogP contribution in [0.3, 0.4) is 0 Å². The lowest BCUT2D eigenvalue weighted by atomic mass is 10.0. The van der Waals surface area contributed by atoms with Crippen molar-refractivity contribution in [3.8, 4) is 16.9 Å². The Morgan fingerprint density at radius 1 is 0.944 bits per heavy atom. The molecule has 3 N–H and O–H groups in total. The van der Waals surface area contributed by atoms with Gasteiger partial charge in [0.25, 0.3) is 5.91 Å². The van der Waals surface area contributed by atoms with Crippen LogP contribution in [0, 0.1) is 0 Å². The maximum Gasteiger partial charge on any atom is 0.417 e. The number of nitrogens with zero attached hydrogens (tertiary/aromatic N) is 3. The lowest BCUT2D eigenvalue weighted by Crippen LogP contribution is -2.14. The quantitative estimate of drug-likeness (QED) is 0.287. The molecule has 0 saturated heterocycles. The molecule has 0 aliphatic rings. The van der Waals surface area contributed by atoms with Gasteiger partial charge in [-0.3, -0.25) is 4.79 Å². The summed E-state index contributed by atoms with van der Waals surface area (Å²) in [6.07, 6.45) is -1.39. The van der Waals surface area contributed by atoms with Crippen molar-refractivity contribution in [1.82, 2.24) is 14.5 Å². The molecule has 0 unspecified atom stereocenters. The van der Waals surface area contributed by atoms with Crippen molar-refractivity contribution in [3.05, 3.63) is 101 Å². The van der Waals surface area contributed by atoms with Crippen molar-refractivity contribution < 1.29 is 18.0 Å². The summed E-state index contributed by atoms with van der Waals surface area (Å²) in [5.41, 5.74) is 7.58. The average Bonchev–Trinajstić information content (AvgIpc) is 3.27. The van der Waals surface area contributed by atoms with Crippen LogP contribution >= 0.6 is 11.6 Å². The fraction of sp³-hybridized carbons (Fsp3) is 0.0385. The molecule has 2 heterocycles. The number of benzene rings is 3. The largest absolute Gasteiger partial charge is 0.417 e. The SMILES string of the molecule is Nc1cc(-n2ccc3ccc(-c4cccc(NC(=O)c5ccc(Cl)c(C(F)(F)F)c5)c4)cc32)ncn1. The van der Waals surface area contributed by atoms with Crippen LogP contribution in [0.1, 0.15) is 15.9 Å². The maximum absolute atomic E-state index is 13.2. The zero-order valence-corrected chi connectivity index (χ0v) is 19.2. The van der Waals surface area contributed by atoms with Crippen molar-refractivity contribution >= 4 is 39.9 Å². The summed E-state index contributed by atoms with van der Waals surface area (Å²) in [5, 5.41) is 3.18. The number of nitrogens with two attached hydrogens (primary N) is 1. The lowest BCUT2D eigenvalue weighted by Gasteiger charge is -2.12. The standard InChI is InChI=1S/C26H17ClF3N5O/c27-21-7-6-18(11-20(21)26(28,29)30)25(36)34-19-3-1-2-16(10-19)17-5-4-15-8-9-35(22(15)12-17)24-13-23(31)32-14-33-24/h1-14H,(H,34,36)(H2,31,32,33). The van der Waals surface area contributed by atoms with Crippen molar-refractivity contribution in [2.75, 3.05) is 11.1 Å². The van der Waals surface area contributed by atoms with Gasteiger partial charge in [-0.2, -0.15) is 13.2 Å². The molecule has 0 fully saturated rings. The van der Waals surface area contributed by atoms with Crippen molar-refractivity contribution in [2.45, 2.75) is 6.18 Å². The second-order valence-corrected chi connectivity index (χ2v) is 8.39. The number of alkyl halides is 3. The van der Waals surface area contributed by atoms with E-state index in [9.17, 15) is 18.0 Å². The molecule has 3 aromatic carbocycles. The first-order valence-corrected chi connectivity index (χ1v) is 11.0. The molecule has 36 heavy (non-hydrogen) atoms. The van der Waals surface area contributed by atoms with Gasteiger partial charge in [0, 0.05) is 28.9 Å². The van der Waals surface area contributed by atoms with E-state index in [0.717, 1.165) is 34.2 Å². The first-order chi connectivity index (χ1) is 17.2. The van der Waals surface area contributed by atoms with Gasteiger partial charge in [0.1, 0.15) is 18.0 Å². The Morgan fingerprint density at radius 3 is 2.53 bits per heavy atom. The van der Waals surface area contributed by atoms with E-state index >= 15 is 0 Å². The maximum atomic E-state index is 13.2. The van der Waals surface area contributed by atoms with Gasteiger partial charge in [-0.25, -0.2) is 9.97 Å². The summed E-state index contributed by atoms with van der Waals surface area (Å²) >= 11 is 5.66. The van der Waals surface area contributed by atoms with Crippen LogP contribution in [0.5, 0.6) is 0 Å². The third kappa shape index (κ3) is 4.60. The third-order valence-corrected chi connectivity index (χ3v) is 5.93. The van der Waals surface area contributed by atoms with E-state index < -0.39 is 22.7 Å². The zero-order valence-electron chi connectivity index (χ0n) is 18.4. The molecule has 0 atom stereocenters. The Balaban J connectivity index is 1.45. The number of rotatable bonds is 4. The zero-order chi connectivity index (χ0) is 25.4. The molecular weight excluding hydrogens is 491 g/mol. The van der Waals surface area contributed by atoms with E-state index in [1.54, 1.807) is 24.3 Å². The minimum atomic E-state index is -4.67. The normalized spacial score (nSPS) is 11.6. The summed E-state index contributed by atoms with van der Waals surface area (Å²) in [7, 11) is 0. The number of fused-ring (bicyclic) bond motifs is 1. The second kappa shape index (κ2) is 9.01. The van der Waals surface area contributed by atoms with Crippen molar-refractivity contribution in [2.24, 2.45) is 0 Å². The van der Waals surface area contributed by atoms with Gasteiger partial charge in [0.05, 0.1) is 16.1 Å². The second-order valence-electron chi connectivity index (χ2n) is 7.99. The van der Waals surface area contributed by atoms with Gasteiger partial charge < -0.3 is 15.6 Å². The number of carbonyl (C=O) groups excluding carboxylic acids is 1. The summed E-state index contributed by atoms with van der Waals surface area (Å²) in [6, 6.07) is 19.6. The van der Waals surface area contributed by atoms with Gasteiger partial charge in [-0.15, -0.1) is 0 Å². The van der Waals surface area contributed by atoms with Crippen LogP contribution in [0.4, 0.5) is 24.7 Å². The van der Waals surface area contributed by atoms with E-state index in [2.05, 4.69) is 15.3 Å². The molecule has 2 aromatic heterocycles. The number of nitrogen functional groups attached to an aromatic ring is 1.